The first-order valence-electron chi connectivity index (χ1n) is 11.4. The summed E-state index contributed by atoms with van der Waals surface area (Å²) in [4.78, 5) is 17.6. The van der Waals surface area contributed by atoms with E-state index >= 15 is 0 Å². The summed E-state index contributed by atoms with van der Waals surface area (Å²) in [5.41, 5.74) is 2.39. The van der Waals surface area contributed by atoms with Gasteiger partial charge in [0.05, 0.1) is 5.60 Å². The molecule has 0 aliphatic heterocycles. The SMILES string of the molecule is Cc1nnc(-c2cc3c(-c4cc(C(C)(C)O)cnc4Oc4c(C)cccc4C)cn(C)c(=O)c3o2)o1. The molecule has 0 fully saturated rings. The van der Waals surface area contributed by atoms with Gasteiger partial charge in [-0.2, -0.15) is 0 Å². The molecule has 184 valence electrons. The van der Waals surface area contributed by atoms with Gasteiger partial charge in [0.15, 0.2) is 5.76 Å². The zero-order chi connectivity index (χ0) is 25.8. The average Bonchev–Trinajstić information content (AvgIpc) is 3.45. The minimum absolute atomic E-state index is 0.132. The van der Waals surface area contributed by atoms with Crippen molar-refractivity contribution in [2.75, 3.05) is 0 Å². The van der Waals surface area contributed by atoms with Gasteiger partial charge in [-0.15, -0.1) is 10.2 Å². The molecule has 0 radical (unpaired) electrons. The van der Waals surface area contributed by atoms with Gasteiger partial charge in [0.2, 0.25) is 17.4 Å². The van der Waals surface area contributed by atoms with Crippen LogP contribution in [0.2, 0.25) is 0 Å². The van der Waals surface area contributed by atoms with Gasteiger partial charge >= 0.3 is 0 Å². The van der Waals surface area contributed by atoms with Crippen molar-refractivity contribution >= 4 is 11.0 Å². The highest BCUT2D eigenvalue weighted by Crippen LogP contribution is 2.40. The zero-order valence-electron chi connectivity index (χ0n) is 20.9. The lowest BCUT2D eigenvalue weighted by atomic mass is 9.96. The van der Waals surface area contributed by atoms with E-state index in [-0.39, 0.29) is 22.8 Å². The quantitative estimate of drug-likeness (QED) is 0.361. The van der Waals surface area contributed by atoms with E-state index in [1.165, 1.54) is 4.57 Å². The van der Waals surface area contributed by atoms with Crippen LogP contribution in [0, 0.1) is 20.8 Å². The molecule has 0 saturated heterocycles. The Labute approximate surface area is 207 Å². The molecule has 0 aliphatic carbocycles. The molecule has 0 atom stereocenters. The number of hydrogen-bond donors (Lipinski definition) is 1. The first kappa shape index (κ1) is 23.5. The average molecular weight is 487 g/mol. The van der Waals surface area contributed by atoms with Crippen LogP contribution < -0.4 is 10.3 Å². The molecule has 9 heteroatoms. The number of benzene rings is 1. The van der Waals surface area contributed by atoms with Crippen LogP contribution in [0.25, 0.3) is 33.7 Å². The lowest BCUT2D eigenvalue weighted by Crippen LogP contribution is -2.17. The minimum Gasteiger partial charge on any atom is -0.445 e. The second-order valence-electron chi connectivity index (χ2n) is 9.40. The molecule has 0 spiro atoms. The zero-order valence-corrected chi connectivity index (χ0v) is 20.9. The van der Waals surface area contributed by atoms with Gasteiger partial charge in [-0.05, 0) is 51.0 Å². The highest BCUT2D eigenvalue weighted by Gasteiger charge is 2.24. The summed E-state index contributed by atoms with van der Waals surface area (Å²) < 4.78 is 19.2. The highest BCUT2D eigenvalue weighted by molar-refractivity contribution is 5.96. The van der Waals surface area contributed by atoms with Crippen LogP contribution in [0.5, 0.6) is 11.6 Å². The van der Waals surface area contributed by atoms with Crippen molar-refractivity contribution in [2.24, 2.45) is 7.05 Å². The van der Waals surface area contributed by atoms with Crippen LogP contribution >= 0.6 is 0 Å². The van der Waals surface area contributed by atoms with Gasteiger partial charge in [0.1, 0.15) is 5.75 Å². The smallest absolute Gasteiger partial charge is 0.293 e. The first-order valence-corrected chi connectivity index (χ1v) is 11.4. The Morgan fingerprint density at radius 2 is 1.75 bits per heavy atom. The van der Waals surface area contributed by atoms with Crippen molar-refractivity contribution < 1.29 is 18.7 Å². The molecular weight excluding hydrogens is 460 g/mol. The number of para-hydroxylation sites is 1. The number of aromatic nitrogens is 4. The standard InChI is InChI=1S/C27H26N4O5/c1-14-8-7-9-15(2)22(14)36-24-19(10-17(12-28-24)27(4,5)33)20-13-31(6)26(32)23-18(20)11-21(35-23)25-30-29-16(3)34-25/h7-13,33H,1-6H3. The molecule has 0 amide bonds. The fourth-order valence-corrected chi connectivity index (χ4v) is 4.07. The Morgan fingerprint density at radius 3 is 2.39 bits per heavy atom. The van der Waals surface area contributed by atoms with Crippen molar-refractivity contribution in [1.82, 2.24) is 19.7 Å². The van der Waals surface area contributed by atoms with Gasteiger partial charge in [-0.3, -0.25) is 4.79 Å². The van der Waals surface area contributed by atoms with Crippen LogP contribution in [0.15, 0.2) is 56.4 Å². The van der Waals surface area contributed by atoms with Crippen LogP contribution in [0.4, 0.5) is 0 Å². The monoisotopic (exact) mass is 486 g/mol. The van der Waals surface area contributed by atoms with Gasteiger partial charge in [0, 0.05) is 48.4 Å². The van der Waals surface area contributed by atoms with E-state index in [2.05, 4.69) is 15.2 Å². The minimum atomic E-state index is -1.15. The molecule has 4 heterocycles. The lowest BCUT2D eigenvalue weighted by Gasteiger charge is -2.21. The number of aliphatic hydroxyl groups is 1. The topological polar surface area (TPSA) is 116 Å². The lowest BCUT2D eigenvalue weighted by molar-refractivity contribution is 0.0782. The van der Waals surface area contributed by atoms with Crippen molar-refractivity contribution in [3.63, 3.8) is 0 Å². The third-order valence-electron chi connectivity index (χ3n) is 6.05. The normalized spacial score (nSPS) is 11.9. The summed E-state index contributed by atoms with van der Waals surface area (Å²) in [5.74, 6) is 1.85. The second-order valence-corrected chi connectivity index (χ2v) is 9.40. The molecule has 9 nitrogen and oxygen atoms in total. The van der Waals surface area contributed by atoms with E-state index in [1.807, 2.05) is 38.1 Å². The molecule has 5 rings (SSSR count). The van der Waals surface area contributed by atoms with Crippen LogP contribution in [0.3, 0.4) is 0 Å². The highest BCUT2D eigenvalue weighted by atomic mass is 16.5. The summed E-state index contributed by atoms with van der Waals surface area (Å²) in [6, 6.07) is 9.40. The summed E-state index contributed by atoms with van der Waals surface area (Å²) >= 11 is 0. The molecule has 5 aromatic rings. The Bertz CT molecular complexity index is 1650. The Kier molecular flexibility index (Phi) is 5.52. The van der Waals surface area contributed by atoms with E-state index in [0.717, 1.165) is 11.1 Å². The number of aryl methyl sites for hydroxylation is 4. The molecule has 0 bridgehead atoms. The first-order chi connectivity index (χ1) is 17.0. The molecule has 0 saturated carbocycles. The summed E-state index contributed by atoms with van der Waals surface area (Å²) in [6.07, 6.45) is 3.29. The van der Waals surface area contributed by atoms with E-state index < -0.39 is 5.60 Å². The van der Waals surface area contributed by atoms with E-state index in [4.69, 9.17) is 13.6 Å². The van der Waals surface area contributed by atoms with Crippen molar-refractivity contribution in [3.8, 4) is 34.4 Å². The second kappa shape index (κ2) is 8.46. The van der Waals surface area contributed by atoms with Gasteiger partial charge in [-0.1, -0.05) is 18.2 Å². The maximum Gasteiger partial charge on any atom is 0.293 e. The third-order valence-corrected chi connectivity index (χ3v) is 6.05. The van der Waals surface area contributed by atoms with Gasteiger partial charge in [-0.25, -0.2) is 4.98 Å². The van der Waals surface area contributed by atoms with Gasteiger partial charge in [0.25, 0.3) is 11.4 Å². The van der Waals surface area contributed by atoms with E-state index in [0.29, 0.717) is 39.6 Å². The fourth-order valence-electron chi connectivity index (χ4n) is 4.07. The van der Waals surface area contributed by atoms with E-state index in [1.54, 1.807) is 46.3 Å². The number of ether oxygens (including phenoxy) is 1. The van der Waals surface area contributed by atoms with Crippen LogP contribution in [-0.2, 0) is 12.6 Å². The predicted molar refractivity (Wildman–Crippen MR) is 134 cm³/mol. The van der Waals surface area contributed by atoms with E-state index in [9.17, 15) is 9.90 Å². The Balaban J connectivity index is 1.78. The molecule has 1 N–H and O–H groups in total. The maximum absolute atomic E-state index is 13.0. The summed E-state index contributed by atoms with van der Waals surface area (Å²) in [7, 11) is 1.64. The predicted octanol–water partition coefficient (Wildman–Crippen LogP) is 5.19. The maximum atomic E-state index is 13.0. The van der Waals surface area contributed by atoms with Crippen LogP contribution in [0.1, 0.15) is 36.4 Å². The molecule has 4 aromatic heterocycles. The Hall–Kier alpha value is -4.24. The number of fused-ring (bicyclic) bond motifs is 1. The summed E-state index contributed by atoms with van der Waals surface area (Å²) in [6.45, 7) is 8.97. The van der Waals surface area contributed by atoms with Crippen molar-refractivity contribution in [3.05, 3.63) is 75.7 Å². The number of furan rings is 1. The van der Waals surface area contributed by atoms with Gasteiger partial charge < -0.3 is 23.2 Å². The molecule has 0 unspecified atom stereocenters. The fraction of sp³-hybridized carbons (Fsp3) is 0.259. The number of nitrogens with zero attached hydrogens (tertiary/aromatic N) is 4. The van der Waals surface area contributed by atoms with Crippen molar-refractivity contribution in [2.45, 2.75) is 40.2 Å². The van der Waals surface area contributed by atoms with Crippen molar-refractivity contribution in [1.29, 1.82) is 0 Å². The largest absolute Gasteiger partial charge is 0.445 e. The Morgan fingerprint density at radius 1 is 1.03 bits per heavy atom. The number of hydrogen-bond acceptors (Lipinski definition) is 8. The molecule has 36 heavy (non-hydrogen) atoms. The third kappa shape index (κ3) is 4.07. The number of rotatable bonds is 5. The summed E-state index contributed by atoms with van der Waals surface area (Å²) in [5, 5.41) is 19.1. The van der Waals surface area contributed by atoms with Crippen LogP contribution in [-0.4, -0.2) is 24.9 Å². The molecular formula is C27H26N4O5. The number of pyridine rings is 2. The molecule has 1 aromatic carbocycles. The molecule has 0 aliphatic rings.